The Hall–Kier alpha value is -2.61. The molecule has 0 unspecified atom stereocenters. The van der Waals surface area contributed by atoms with Gasteiger partial charge >= 0.3 is 0 Å². The van der Waals surface area contributed by atoms with E-state index >= 15 is 0 Å². The van der Waals surface area contributed by atoms with Crippen LogP contribution >= 0.6 is 11.8 Å². The van der Waals surface area contributed by atoms with Crippen molar-refractivity contribution in [3.8, 4) is 0 Å². The number of nitrogens with zero attached hydrogens (tertiary/aromatic N) is 2. The summed E-state index contributed by atoms with van der Waals surface area (Å²) in [5, 5.41) is 2.23. The van der Waals surface area contributed by atoms with Crippen molar-refractivity contribution in [2.45, 2.75) is 19.8 Å². The predicted octanol–water partition coefficient (Wildman–Crippen LogP) is 2.30. The van der Waals surface area contributed by atoms with Crippen LogP contribution < -0.4 is 5.32 Å². The van der Waals surface area contributed by atoms with Crippen molar-refractivity contribution in [2.75, 3.05) is 25.0 Å². The second kappa shape index (κ2) is 7.74. The van der Waals surface area contributed by atoms with Gasteiger partial charge in [-0.1, -0.05) is 12.1 Å². The van der Waals surface area contributed by atoms with Crippen LogP contribution in [0.2, 0.25) is 0 Å². The molecule has 0 aromatic heterocycles. The van der Waals surface area contributed by atoms with Crippen LogP contribution in [0.4, 0.5) is 10.5 Å². The molecule has 2 saturated heterocycles. The van der Waals surface area contributed by atoms with Crippen molar-refractivity contribution in [3.05, 3.63) is 34.7 Å². The maximum absolute atomic E-state index is 12.5. The third kappa shape index (κ3) is 4.13. The molecule has 7 nitrogen and oxygen atoms in total. The Morgan fingerprint density at radius 1 is 1.15 bits per heavy atom. The van der Waals surface area contributed by atoms with Gasteiger partial charge < -0.3 is 10.2 Å². The van der Waals surface area contributed by atoms with Gasteiger partial charge in [0.25, 0.3) is 11.1 Å². The summed E-state index contributed by atoms with van der Waals surface area (Å²) in [5.74, 6) is -0.800. The highest BCUT2D eigenvalue weighted by Crippen LogP contribution is 2.32. The molecule has 0 bridgehead atoms. The summed E-state index contributed by atoms with van der Waals surface area (Å²) >= 11 is 0.834. The molecule has 1 N–H and O–H groups in total. The maximum atomic E-state index is 12.5. The third-order valence-electron chi connectivity index (χ3n) is 4.15. The molecule has 1 aromatic carbocycles. The van der Waals surface area contributed by atoms with Gasteiger partial charge in [-0.3, -0.25) is 24.1 Å². The van der Waals surface area contributed by atoms with E-state index in [0.29, 0.717) is 18.8 Å². The minimum absolute atomic E-state index is 0.165. The summed E-state index contributed by atoms with van der Waals surface area (Å²) in [6.45, 7) is 2.59. The SMILES string of the molecule is CC(=O)Nc1ccc(/C=C2\SC(=O)N(CC(=O)N3CCCC3)C2=O)cc1. The number of likely N-dealkylation sites (tertiary alicyclic amines) is 1. The zero-order valence-electron chi connectivity index (χ0n) is 14.4. The van der Waals surface area contributed by atoms with Gasteiger partial charge in [0.05, 0.1) is 4.91 Å². The highest BCUT2D eigenvalue weighted by molar-refractivity contribution is 8.18. The monoisotopic (exact) mass is 373 g/mol. The lowest BCUT2D eigenvalue weighted by Crippen LogP contribution is -2.40. The molecule has 0 spiro atoms. The summed E-state index contributed by atoms with van der Waals surface area (Å²) in [5.41, 5.74) is 1.38. The van der Waals surface area contributed by atoms with Gasteiger partial charge in [0.1, 0.15) is 6.54 Å². The highest BCUT2D eigenvalue weighted by Gasteiger charge is 2.37. The molecule has 8 heteroatoms. The van der Waals surface area contributed by atoms with Crippen molar-refractivity contribution in [3.63, 3.8) is 0 Å². The molecule has 0 aliphatic carbocycles. The van der Waals surface area contributed by atoms with Crippen molar-refractivity contribution >= 4 is 46.5 Å². The average Bonchev–Trinajstić information content (AvgIpc) is 3.21. The second-order valence-corrected chi connectivity index (χ2v) is 7.15. The minimum Gasteiger partial charge on any atom is -0.341 e. The zero-order chi connectivity index (χ0) is 18.7. The summed E-state index contributed by atoms with van der Waals surface area (Å²) in [6, 6.07) is 6.92. The van der Waals surface area contributed by atoms with E-state index in [9.17, 15) is 19.2 Å². The molecule has 0 saturated carbocycles. The summed E-state index contributed by atoms with van der Waals surface area (Å²) in [6.07, 6.45) is 3.53. The fraction of sp³-hybridized carbons (Fsp3) is 0.333. The fourth-order valence-electron chi connectivity index (χ4n) is 2.86. The number of carbonyl (C=O) groups excluding carboxylic acids is 4. The van der Waals surface area contributed by atoms with E-state index in [1.807, 2.05) is 0 Å². The van der Waals surface area contributed by atoms with Gasteiger partial charge in [0, 0.05) is 25.7 Å². The number of imide groups is 1. The summed E-state index contributed by atoms with van der Waals surface area (Å²) in [4.78, 5) is 50.8. The third-order valence-corrected chi connectivity index (χ3v) is 5.06. The molecule has 3 rings (SSSR count). The molecule has 1 aromatic rings. The van der Waals surface area contributed by atoms with Gasteiger partial charge in [0.2, 0.25) is 11.8 Å². The molecule has 0 radical (unpaired) electrons. The molecular weight excluding hydrogens is 354 g/mol. The number of anilines is 1. The Labute approximate surface area is 155 Å². The highest BCUT2D eigenvalue weighted by atomic mass is 32.2. The lowest BCUT2D eigenvalue weighted by molar-refractivity contribution is -0.135. The molecule has 2 heterocycles. The Balaban J connectivity index is 1.68. The van der Waals surface area contributed by atoms with Crippen molar-refractivity contribution in [1.82, 2.24) is 9.80 Å². The molecule has 136 valence electrons. The van der Waals surface area contributed by atoms with Crippen LogP contribution in [0.1, 0.15) is 25.3 Å². The second-order valence-electron chi connectivity index (χ2n) is 6.16. The van der Waals surface area contributed by atoms with E-state index in [1.165, 1.54) is 6.92 Å². The number of hydrogen-bond donors (Lipinski definition) is 1. The van der Waals surface area contributed by atoms with Crippen LogP contribution in [0.3, 0.4) is 0 Å². The number of hydrogen-bond acceptors (Lipinski definition) is 5. The van der Waals surface area contributed by atoms with Crippen LogP contribution in [0.25, 0.3) is 6.08 Å². The molecule has 4 amide bonds. The van der Waals surface area contributed by atoms with Crippen molar-refractivity contribution in [2.24, 2.45) is 0 Å². The molecule has 2 aliphatic heterocycles. The van der Waals surface area contributed by atoms with E-state index in [-0.39, 0.29) is 23.3 Å². The van der Waals surface area contributed by atoms with E-state index in [4.69, 9.17) is 0 Å². The van der Waals surface area contributed by atoms with Crippen molar-refractivity contribution in [1.29, 1.82) is 0 Å². The van der Waals surface area contributed by atoms with Crippen molar-refractivity contribution < 1.29 is 19.2 Å². The normalized spacial score (nSPS) is 18.7. The van der Waals surface area contributed by atoms with Gasteiger partial charge in [-0.2, -0.15) is 0 Å². The first-order valence-corrected chi connectivity index (χ1v) is 9.16. The number of carbonyl (C=O) groups is 4. The molecule has 2 fully saturated rings. The standard InChI is InChI=1S/C18H19N3O4S/c1-12(22)19-14-6-4-13(5-7-14)10-15-17(24)21(18(25)26-15)11-16(23)20-8-2-3-9-20/h4-7,10H,2-3,8-9,11H2,1H3,(H,19,22)/b15-10-. The topological polar surface area (TPSA) is 86.8 Å². The van der Waals surface area contributed by atoms with Crippen LogP contribution in [0.15, 0.2) is 29.2 Å². The first kappa shape index (κ1) is 18.2. The Kier molecular flexibility index (Phi) is 5.41. The number of amides is 4. The van der Waals surface area contributed by atoms with Crippen LogP contribution in [-0.4, -0.2) is 52.4 Å². The predicted molar refractivity (Wildman–Crippen MR) is 99.2 cm³/mol. The first-order valence-electron chi connectivity index (χ1n) is 8.35. The van der Waals surface area contributed by atoms with Gasteiger partial charge in [-0.15, -0.1) is 0 Å². The number of nitrogens with one attached hydrogen (secondary N) is 1. The Bertz CT molecular complexity index is 782. The quantitative estimate of drug-likeness (QED) is 0.819. The number of benzene rings is 1. The first-order chi connectivity index (χ1) is 12.4. The fourth-order valence-corrected chi connectivity index (χ4v) is 3.69. The van der Waals surface area contributed by atoms with Gasteiger partial charge in [-0.25, -0.2) is 0 Å². The summed E-state index contributed by atoms with van der Waals surface area (Å²) in [7, 11) is 0. The molecule has 2 aliphatic rings. The van der Waals surface area contributed by atoms with Crippen LogP contribution in [-0.2, 0) is 14.4 Å². The smallest absolute Gasteiger partial charge is 0.294 e. The van der Waals surface area contributed by atoms with Crippen LogP contribution in [0.5, 0.6) is 0 Å². The zero-order valence-corrected chi connectivity index (χ0v) is 15.2. The minimum atomic E-state index is -0.446. The molecule has 26 heavy (non-hydrogen) atoms. The summed E-state index contributed by atoms with van der Waals surface area (Å²) < 4.78 is 0. The number of thioether (sulfide) groups is 1. The van der Waals surface area contributed by atoms with E-state index < -0.39 is 11.1 Å². The Morgan fingerprint density at radius 3 is 2.42 bits per heavy atom. The van der Waals surface area contributed by atoms with Crippen LogP contribution in [0, 0.1) is 0 Å². The molecule has 0 atom stereocenters. The van der Waals surface area contributed by atoms with Gasteiger partial charge in [-0.05, 0) is 48.4 Å². The molecular formula is C18H19N3O4S. The largest absolute Gasteiger partial charge is 0.341 e. The van der Waals surface area contributed by atoms with E-state index in [1.54, 1.807) is 35.2 Å². The van der Waals surface area contributed by atoms with E-state index in [0.717, 1.165) is 35.1 Å². The lowest BCUT2D eigenvalue weighted by atomic mass is 10.2. The average molecular weight is 373 g/mol. The van der Waals surface area contributed by atoms with E-state index in [2.05, 4.69) is 5.32 Å². The Morgan fingerprint density at radius 2 is 1.81 bits per heavy atom. The maximum Gasteiger partial charge on any atom is 0.294 e. The number of rotatable bonds is 4. The lowest BCUT2D eigenvalue weighted by Gasteiger charge is -2.18. The van der Waals surface area contributed by atoms with Gasteiger partial charge in [0.15, 0.2) is 0 Å².